The maximum absolute atomic E-state index is 13.4. The lowest BCUT2D eigenvalue weighted by Crippen LogP contribution is -1.97. The standard InChI is InChI=1S/C12H10ClFN2O/c1-2-8-11(13)15-7-16-12(8)17-10-6-4-3-5-9(10)14/h3-7H,2H2,1H3. The van der Waals surface area contributed by atoms with E-state index in [1.54, 1.807) is 12.1 Å². The van der Waals surface area contributed by atoms with E-state index in [1.807, 2.05) is 6.92 Å². The van der Waals surface area contributed by atoms with Gasteiger partial charge in [0.05, 0.1) is 5.56 Å². The van der Waals surface area contributed by atoms with Crippen LogP contribution in [0.1, 0.15) is 12.5 Å². The molecule has 0 bridgehead atoms. The predicted molar refractivity (Wildman–Crippen MR) is 62.9 cm³/mol. The highest BCUT2D eigenvalue weighted by Gasteiger charge is 2.11. The van der Waals surface area contributed by atoms with Crippen molar-refractivity contribution >= 4 is 11.6 Å². The van der Waals surface area contributed by atoms with E-state index in [-0.39, 0.29) is 11.6 Å². The fraction of sp³-hybridized carbons (Fsp3) is 0.167. The van der Waals surface area contributed by atoms with Crippen molar-refractivity contribution in [2.75, 3.05) is 0 Å². The third-order valence-electron chi connectivity index (χ3n) is 2.25. The molecule has 0 aliphatic carbocycles. The first kappa shape index (κ1) is 11.8. The first-order valence-electron chi connectivity index (χ1n) is 5.14. The van der Waals surface area contributed by atoms with Gasteiger partial charge in [0.15, 0.2) is 11.6 Å². The molecule has 0 amide bonds. The summed E-state index contributed by atoms with van der Waals surface area (Å²) >= 11 is 5.91. The zero-order valence-corrected chi connectivity index (χ0v) is 9.91. The van der Waals surface area contributed by atoms with Crippen molar-refractivity contribution in [2.24, 2.45) is 0 Å². The van der Waals surface area contributed by atoms with Crippen LogP contribution >= 0.6 is 11.6 Å². The van der Waals surface area contributed by atoms with E-state index >= 15 is 0 Å². The summed E-state index contributed by atoms with van der Waals surface area (Å²) in [5, 5.41) is 0.328. The summed E-state index contributed by atoms with van der Waals surface area (Å²) in [6.45, 7) is 1.90. The zero-order chi connectivity index (χ0) is 12.3. The van der Waals surface area contributed by atoms with Gasteiger partial charge in [-0.2, -0.15) is 0 Å². The maximum atomic E-state index is 13.4. The third kappa shape index (κ3) is 2.53. The molecule has 3 nitrogen and oxygen atoms in total. The second-order valence-electron chi connectivity index (χ2n) is 3.33. The summed E-state index contributed by atoms with van der Waals surface area (Å²) in [5.41, 5.74) is 0.664. The molecule has 0 saturated heterocycles. The van der Waals surface area contributed by atoms with Crippen LogP contribution in [-0.2, 0) is 6.42 Å². The lowest BCUT2D eigenvalue weighted by Gasteiger charge is -2.09. The first-order valence-corrected chi connectivity index (χ1v) is 5.52. The van der Waals surface area contributed by atoms with Gasteiger partial charge < -0.3 is 4.74 Å². The third-order valence-corrected chi connectivity index (χ3v) is 2.58. The van der Waals surface area contributed by atoms with E-state index in [9.17, 15) is 4.39 Å². The smallest absolute Gasteiger partial charge is 0.227 e. The van der Waals surface area contributed by atoms with Gasteiger partial charge in [-0.05, 0) is 18.6 Å². The van der Waals surface area contributed by atoms with E-state index < -0.39 is 5.82 Å². The van der Waals surface area contributed by atoms with Crippen molar-refractivity contribution in [3.63, 3.8) is 0 Å². The van der Waals surface area contributed by atoms with Gasteiger partial charge in [-0.1, -0.05) is 30.7 Å². The van der Waals surface area contributed by atoms with Gasteiger partial charge in [0.2, 0.25) is 5.88 Å². The molecule has 17 heavy (non-hydrogen) atoms. The van der Waals surface area contributed by atoms with Crippen LogP contribution < -0.4 is 4.74 Å². The minimum atomic E-state index is -0.440. The average molecular weight is 253 g/mol. The number of hydrogen-bond donors (Lipinski definition) is 0. The van der Waals surface area contributed by atoms with Crippen molar-refractivity contribution in [3.8, 4) is 11.6 Å². The van der Waals surface area contributed by atoms with Gasteiger partial charge in [0.25, 0.3) is 0 Å². The Bertz CT molecular complexity index is 534. The Morgan fingerprint density at radius 3 is 2.76 bits per heavy atom. The number of aromatic nitrogens is 2. The second kappa shape index (κ2) is 5.10. The van der Waals surface area contributed by atoms with Gasteiger partial charge in [0, 0.05) is 0 Å². The highest BCUT2D eigenvalue weighted by atomic mass is 35.5. The van der Waals surface area contributed by atoms with Crippen LogP contribution in [0, 0.1) is 5.82 Å². The van der Waals surface area contributed by atoms with Crippen molar-refractivity contribution in [2.45, 2.75) is 13.3 Å². The largest absolute Gasteiger partial charge is 0.435 e. The summed E-state index contributed by atoms with van der Waals surface area (Å²) in [4.78, 5) is 7.82. The van der Waals surface area contributed by atoms with Crippen molar-refractivity contribution in [3.05, 3.63) is 47.1 Å². The van der Waals surface area contributed by atoms with E-state index in [1.165, 1.54) is 18.5 Å². The summed E-state index contributed by atoms with van der Waals surface area (Å²) in [6, 6.07) is 6.14. The van der Waals surface area contributed by atoms with E-state index in [4.69, 9.17) is 16.3 Å². The van der Waals surface area contributed by atoms with Crippen LogP contribution in [0.4, 0.5) is 4.39 Å². The fourth-order valence-corrected chi connectivity index (χ4v) is 1.65. The molecule has 0 saturated carbocycles. The highest BCUT2D eigenvalue weighted by Crippen LogP contribution is 2.28. The van der Waals surface area contributed by atoms with Crippen LogP contribution in [0.2, 0.25) is 5.15 Å². The Kier molecular flexibility index (Phi) is 3.54. The van der Waals surface area contributed by atoms with Crippen molar-refractivity contribution in [1.29, 1.82) is 0 Å². The first-order chi connectivity index (χ1) is 8.22. The average Bonchev–Trinajstić information content (AvgIpc) is 2.32. The fourth-order valence-electron chi connectivity index (χ4n) is 1.39. The Hall–Kier alpha value is -1.68. The lowest BCUT2D eigenvalue weighted by atomic mass is 10.2. The number of ether oxygens (including phenoxy) is 1. The summed E-state index contributed by atoms with van der Waals surface area (Å²) in [5.74, 6) is -0.0288. The van der Waals surface area contributed by atoms with Gasteiger partial charge >= 0.3 is 0 Å². The number of para-hydroxylation sites is 1. The van der Waals surface area contributed by atoms with Crippen molar-refractivity contribution < 1.29 is 9.13 Å². The van der Waals surface area contributed by atoms with Crippen LogP contribution in [0.5, 0.6) is 11.6 Å². The molecule has 0 atom stereocenters. The molecule has 1 heterocycles. The molecule has 2 rings (SSSR count). The monoisotopic (exact) mass is 252 g/mol. The Labute approximate surface area is 103 Å². The van der Waals surface area contributed by atoms with Crippen LogP contribution in [0.15, 0.2) is 30.6 Å². The van der Waals surface area contributed by atoms with Gasteiger partial charge in [-0.15, -0.1) is 0 Å². The number of rotatable bonds is 3. The molecule has 0 N–H and O–H groups in total. The Morgan fingerprint density at radius 1 is 1.29 bits per heavy atom. The van der Waals surface area contributed by atoms with Crippen LogP contribution in [0.3, 0.4) is 0 Å². The number of benzene rings is 1. The number of hydrogen-bond acceptors (Lipinski definition) is 3. The van der Waals surface area contributed by atoms with Gasteiger partial charge in [0.1, 0.15) is 11.5 Å². The molecule has 0 fully saturated rings. The van der Waals surface area contributed by atoms with E-state index in [0.717, 1.165) is 0 Å². The van der Waals surface area contributed by atoms with Crippen molar-refractivity contribution in [1.82, 2.24) is 9.97 Å². The molecule has 2 aromatic rings. The van der Waals surface area contributed by atoms with Crippen LogP contribution in [-0.4, -0.2) is 9.97 Å². The highest BCUT2D eigenvalue weighted by molar-refractivity contribution is 6.30. The normalized spacial score (nSPS) is 10.3. The molecular weight excluding hydrogens is 243 g/mol. The second-order valence-corrected chi connectivity index (χ2v) is 3.69. The zero-order valence-electron chi connectivity index (χ0n) is 9.15. The minimum absolute atomic E-state index is 0.122. The summed E-state index contributed by atoms with van der Waals surface area (Å²) in [6.07, 6.45) is 1.90. The van der Waals surface area contributed by atoms with E-state index in [0.29, 0.717) is 17.1 Å². The van der Waals surface area contributed by atoms with Crippen LogP contribution in [0.25, 0.3) is 0 Å². The Balaban J connectivity index is 2.37. The lowest BCUT2D eigenvalue weighted by molar-refractivity contribution is 0.422. The molecule has 1 aromatic carbocycles. The molecule has 0 radical (unpaired) electrons. The molecule has 1 aromatic heterocycles. The maximum Gasteiger partial charge on any atom is 0.227 e. The molecule has 0 spiro atoms. The quantitative estimate of drug-likeness (QED) is 0.783. The molecule has 0 unspecified atom stereocenters. The van der Waals surface area contributed by atoms with Gasteiger partial charge in [-0.25, -0.2) is 14.4 Å². The summed E-state index contributed by atoms with van der Waals surface area (Å²) < 4.78 is 18.8. The molecule has 88 valence electrons. The predicted octanol–water partition coefficient (Wildman–Crippen LogP) is 3.62. The SMILES string of the molecule is CCc1c(Cl)ncnc1Oc1ccccc1F. The topological polar surface area (TPSA) is 35.0 Å². The number of nitrogens with zero attached hydrogens (tertiary/aromatic N) is 2. The van der Waals surface area contributed by atoms with E-state index in [2.05, 4.69) is 9.97 Å². The summed E-state index contributed by atoms with van der Waals surface area (Å²) in [7, 11) is 0. The van der Waals surface area contributed by atoms with Gasteiger partial charge in [-0.3, -0.25) is 0 Å². The molecular formula is C12H10ClFN2O. The molecule has 5 heteroatoms. The molecule has 0 aliphatic rings. The minimum Gasteiger partial charge on any atom is -0.435 e. The Morgan fingerprint density at radius 2 is 2.06 bits per heavy atom. The number of halogens is 2. The molecule has 0 aliphatic heterocycles.